The zero-order valence-electron chi connectivity index (χ0n) is 13.9. The summed E-state index contributed by atoms with van der Waals surface area (Å²) in [6.45, 7) is 4.14. The lowest BCUT2D eigenvalue weighted by molar-refractivity contribution is -0.136. The van der Waals surface area contributed by atoms with Crippen molar-refractivity contribution in [3.8, 4) is 5.75 Å². The molecule has 1 heterocycles. The highest BCUT2D eigenvalue weighted by Crippen LogP contribution is 2.32. The number of hydrogen-bond donors (Lipinski definition) is 2. The number of benzene rings is 1. The lowest BCUT2D eigenvalue weighted by Crippen LogP contribution is -2.50. The zero-order chi connectivity index (χ0) is 16.9. The molecule has 0 saturated carbocycles. The fourth-order valence-electron chi connectivity index (χ4n) is 3.00. The normalized spacial score (nSPS) is 18.3. The molecule has 0 aromatic heterocycles. The van der Waals surface area contributed by atoms with Gasteiger partial charge in [0, 0.05) is 7.11 Å². The molecule has 128 valence electrons. The van der Waals surface area contributed by atoms with Crippen LogP contribution in [0.25, 0.3) is 0 Å². The smallest absolute Gasteiger partial charge is 0.229 e. The average molecular weight is 385 g/mol. The zero-order valence-corrected chi connectivity index (χ0v) is 15.5. The van der Waals surface area contributed by atoms with Crippen LogP contribution in [0.4, 0.5) is 0 Å². The van der Waals surface area contributed by atoms with Crippen molar-refractivity contribution in [1.82, 2.24) is 10.6 Å². The lowest BCUT2D eigenvalue weighted by Gasteiger charge is -2.36. The van der Waals surface area contributed by atoms with Crippen LogP contribution < -0.4 is 15.4 Å². The molecular weight excluding hydrogens is 360 g/mol. The topological polar surface area (TPSA) is 59.6 Å². The number of carbonyl (C=O) groups excluding carboxylic acids is 1. The second kappa shape index (κ2) is 8.13. The number of hydrogen-bond acceptors (Lipinski definition) is 4. The van der Waals surface area contributed by atoms with E-state index in [4.69, 9.17) is 9.47 Å². The first-order valence-corrected chi connectivity index (χ1v) is 8.66. The Labute approximate surface area is 146 Å². The molecule has 6 heteroatoms. The maximum Gasteiger partial charge on any atom is 0.229 e. The molecule has 2 rings (SSSR count). The van der Waals surface area contributed by atoms with E-state index in [1.165, 1.54) is 0 Å². The molecule has 1 aliphatic rings. The summed E-state index contributed by atoms with van der Waals surface area (Å²) >= 11 is 3.49. The summed E-state index contributed by atoms with van der Waals surface area (Å²) in [7, 11) is 3.29. The molecule has 1 aromatic carbocycles. The van der Waals surface area contributed by atoms with Gasteiger partial charge in [0.15, 0.2) is 0 Å². The van der Waals surface area contributed by atoms with Gasteiger partial charge in [-0.25, -0.2) is 0 Å². The van der Waals surface area contributed by atoms with Crippen LogP contribution in [0.15, 0.2) is 22.7 Å². The first-order chi connectivity index (χ1) is 11.0. The number of rotatable bonds is 6. The summed E-state index contributed by atoms with van der Waals surface area (Å²) in [6.07, 6.45) is 1.59. The van der Waals surface area contributed by atoms with Crippen molar-refractivity contribution in [1.29, 1.82) is 0 Å². The van der Waals surface area contributed by atoms with Gasteiger partial charge in [0.05, 0.1) is 29.6 Å². The third-order valence-electron chi connectivity index (χ3n) is 4.49. The van der Waals surface area contributed by atoms with E-state index in [9.17, 15) is 4.79 Å². The van der Waals surface area contributed by atoms with Gasteiger partial charge in [0.25, 0.3) is 0 Å². The molecule has 1 aliphatic heterocycles. The molecule has 1 saturated heterocycles. The second-order valence-electron chi connectivity index (χ2n) is 6.05. The minimum Gasteiger partial charge on any atom is -0.496 e. The highest BCUT2D eigenvalue weighted by molar-refractivity contribution is 9.10. The first kappa shape index (κ1) is 18.2. The summed E-state index contributed by atoms with van der Waals surface area (Å²) in [4.78, 5) is 12.8. The van der Waals surface area contributed by atoms with Gasteiger partial charge in [-0.05, 0) is 66.5 Å². The number of methoxy groups -OCH3 is 2. The average Bonchev–Trinajstić information content (AvgIpc) is 2.55. The second-order valence-corrected chi connectivity index (χ2v) is 6.91. The third kappa shape index (κ3) is 4.25. The van der Waals surface area contributed by atoms with E-state index in [0.29, 0.717) is 6.61 Å². The Bertz CT molecular complexity index is 539. The molecule has 5 nitrogen and oxygen atoms in total. The molecule has 1 amide bonds. The molecule has 1 unspecified atom stereocenters. The maximum absolute atomic E-state index is 12.8. The van der Waals surface area contributed by atoms with Crippen molar-refractivity contribution in [2.75, 3.05) is 33.9 Å². The van der Waals surface area contributed by atoms with Gasteiger partial charge in [-0.2, -0.15) is 0 Å². The Morgan fingerprint density at radius 1 is 1.39 bits per heavy atom. The fraction of sp³-hybridized carbons (Fsp3) is 0.588. The van der Waals surface area contributed by atoms with Gasteiger partial charge in [-0.1, -0.05) is 6.07 Å². The van der Waals surface area contributed by atoms with Crippen LogP contribution in [0.2, 0.25) is 0 Å². The van der Waals surface area contributed by atoms with E-state index >= 15 is 0 Å². The SMILES string of the molecule is COCC1(C(=O)NC(C)c2ccc(OC)c(Br)c2)CCNCC1. The van der Waals surface area contributed by atoms with Gasteiger partial charge < -0.3 is 20.1 Å². The largest absolute Gasteiger partial charge is 0.496 e. The Morgan fingerprint density at radius 2 is 2.09 bits per heavy atom. The van der Waals surface area contributed by atoms with Crippen molar-refractivity contribution in [3.63, 3.8) is 0 Å². The van der Waals surface area contributed by atoms with Crippen molar-refractivity contribution < 1.29 is 14.3 Å². The predicted molar refractivity (Wildman–Crippen MR) is 93.7 cm³/mol. The van der Waals surface area contributed by atoms with E-state index < -0.39 is 5.41 Å². The van der Waals surface area contributed by atoms with E-state index in [1.807, 2.05) is 25.1 Å². The summed E-state index contributed by atoms with van der Waals surface area (Å²) < 4.78 is 11.5. The Morgan fingerprint density at radius 3 is 2.65 bits per heavy atom. The van der Waals surface area contributed by atoms with Crippen LogP contribution in [-0.2, 0) is 9.53 Å². The quantitative estimate of drug-likeness (QED) is 0.791. The molecule has 0 spiro atoms. The Balaban J connectivity index is 2.09. The third-order valence-corrected chi connectivity index (χ3v) is 5.11. The number of carbonyl (C=O) groups is 1. The summed E-state index contributed by atoms with van der Waals surface area (Å²) in [5, 5.41) is 6.45. The van der Waals surface area contributed by atoms with Gasteiger partial charge in [0.2, 0.25) is 5.91 Å². The molecule has 2 N–H and O–H groups in total. The number of amides is 1. The van der Waals surface area contributed by atoms with Crippen molar-refractivity contribution in [2.24, 2.45) is 5.41 Å². The number of halogens is 1. The fourth-order valence-corrected chi connectivity index (χ4v) is 3.56. The summed E-state index contributed by atoms with van der Waals surface area (Å²) in [5.41, 5.74) is 0.602. The lowest BCUT2D eigenvalue weighted by atomic mass is 9.78. The highest BCUT2D eigenvalue weighted by Gasteiger charge is 2.40. The van der Waals surface area contributed by atoms with Crippen molar-refractivity contribution in [3.05, 3.63) is 28.2 Å². The monoisotopic (exact) mass is 384 g/mol. The highest BCUT2D eigenvalue weighted by atomic mass is 79.9. The van der Waals surface area contributed by atoms with Crippen molar-refractivity contribution in [2.45, 2.75) is 25.8 Å². The molecule has 0 radical (unpaired) electrons. The van der Waals surface area contributed by atoms with Gasteiger partial charge >= 0.3 is 0 Å². The molecular formula is C17H25BrN2O3. The molecule has 1 aromatic rings. The Kier molecular flexibility index (Phi) is 6.44. The van der Waals surface area contributed by atoms with Gasteiger partial charge in [-0.3, -0.25) is 4.79 Å². The van der Waals surface area contributed by atoms with E-state index in [0.717, 1.165) is 41.7 Å². The minimum atomic E-state index is -0.433. The van der Waals surface area contributed by atoms with Crippen LogP contribution >= 0.6 is 15.9 Å². The van der Waals surface area contributed by atoms with Crippen molar-refractivity contribution >= 4 is 21.8 Å². The van der Waals surface area contributed by atoms with Crippen LogP contribution in [0, 0.1) is 5.41 Å². The van der Waals surface area contributed by atoms with Crippen LogP contribution in [0.3, 0.4) is 0 Å². The summed E-state index contributed by atoms with van der Waals surface area (Å²) in [6, 6.07) is 5.78. The summed E-state index contributed by atoms with van der Waals surface area (Å²) in [5.74, 6) is 0.849. The minimum absolute atomic E-state index is 0.0697. The number of piperidine rings is 1. The van der Waals surface area contributed by atoms with E-state index in [2.05, 4.69) is 26.6 Å². The molecule has 1 atom stereocenters. The number of nitrogens with one attached hydrogen (secondary N) is 2. The molecule has 1 fully saturated rings. The van der Waals surface area contributed by atoms with Crippen LogP contribution in [-0.4, -0.2) is 39.8 Å². The standard InChI is InChI=1S/C17H25BrN2O3/c1-12(13-4-5-15(23-3)14(18)10-13)20-16(21)17(11-22-2)6-8-19-9-7-17/h4-5,10,12,19H,6-9,11H2,1-3H3,(H,20,21). The molecule has 0 bridgehead atoms. The molecule has 0 aliphatic carbocycles. The van der Waals surface area contributed by atoms with Gasteiger partial charge in [-0.15, -0.1) is 0 Å². The Hall–Kier alpha value is -1.11. The first-order valence-electron chi connectivity index (χ1n) is 7.86. The van der Waals surface area contributed by atoms with Crippen LogP contribution in [0.5, 0.6) is 5.75 Å². The van der Waals surface area contributed by atoms with Gasteiger partial charge in [0.1, 0.15) is 5.75 Å². The van der Waals surface area contributed by atoms with Crippen LogP contribution in [0.1, 0.15) is 31.4 Å². The van der Waals surface area contributed by atoms with E-state index in [1.54, 1.807) is 14.2 Å². The van der Waals surface area contributed by atoms with E-state index in [-0.39, 0.29) is 11.9 Å². The predicted octanol–water partition coefficient (Wildman–Crippen LogP) is 2.65. The number of ether oxygens (including phenoxy) is 2. The molecule has 23 heavy (non-hydrogen) atoms. The maximum atomic E-state index is 12.8.